The Kier molecular flexibility index (Phi) is 3.25. The van der Waals surface area contributed by atoms with Crippen LogP contribution in [0.15, 0.2) is 23.8 Å². The first-order chi connectivity index (χ1) is 9.23. The van der Waals surface area contributed by atoms with E-state index in [-0.39, 0.29) is 11.3 Å². The molecule has 0 aliphatic carbocycles. The number of aryl methyl sites for hydroxylation is 1. The molecule has 1 aromatic carbocycles. The maximum absolute atomic E-state index is 13.2. The van der Waals surface area contributed by atoms with Gasteiger partial charge in [-0.2, -0.15) is 13.2 Å². The maximum atomic E-state index is 13.2. The molecule has 0 aromatic heterocycles. The van der Waals surface area contributed by atoms with Gasteiger partial charge in [0.05, 0.1) is 12.2 Å². The molecular formula is C13H11F3O4. The van der Waals surface area contributed by atoms with Crippen molar-refractivity contribution in [3.8, 4) is 5.75 Å². The standard InChI is InChI=1S/C13H11F3O4/c1-7-3-2-4-10-8(7)5-9(11(18)19)12(6-17,20-10)13(14,15)16/h2-5,17H,6H2,1H3,(H,18,19). The number of alkyl halides is 3. The highest BCUT2D eigenvalue weighted by molar-refractivity contribution is 5.96. The first-order valence-corrected chi connectivity index (χ1v) is 5.64. The molecule has 7 heteroatoms. The van der Waals surface area contributed by atoms with Crippen molar-refractivity contribution in [2.75, 3.05) is 6.61 Å². The van der Waals surface area contributed by atoms with Gasteiger partial charge in [-0.3, -0.25) is 0 Å². The van der Waals surface area contributed by atoms with E-state index in [1.54, 1.807) is 13.0 Å². The summed E-state index contributed by atoms with van der Waals surface area (Å²) < 4.78 is 44.5. The third-order valence-electron chi connectivity index (χ3n) is 3.20. The van der Waals surface area contributed by atoms with Crippen LogP contribution in [0.4, 0.5) is 13.2 Å². The summed E-state index contributed by atoms with van der Waals surface area (Å²) in [6.07, 6.45) is -4.16. The van der Waals surface area contributed by atoms with E-state index in [4.69, 9.17) is 14.9 Å². The normalized spacial score (nSPS) is 21.8. The first kappa shape index (κ1) is 14.4. The van der Waals surface area contributed by atoms with Crippen molar-refractivity contribution in [2.45, 2.75) is 18.7 Å². The average molecular weight is 288 g/mol. The topological polar surface area (TPSA) is 66.8 Å². The van der Waals surface area contributed by atoms with Crippen LogP contribution in [0.1, 0.15) is 11.1 Å². The molecule has 0 bridgehead atoms. The summed E-state index contributed by atoms with van der Waals surface area (Å²) >= 11 is 0. The second kappa shape index (κ2) is 4.52. The highest BCUT2D eigenvalue weighted by atomic mass is 19.4. The summed E-state index contributed by atoms with van der Waals surface area (Å²) in [6, 6.07) is 4.41. The van der Waals surface area contributed by atoms with E-state index in [2.05, 4.69) is 0 Å². The second-order valence-corrected chi connectivity index (χ2v) is 4.43. The van der Waals surface area contributed by atoms with Crippen LogP contribution in [0.3, 0.4) is 0 Å². The largest absolute Gasteiger partial charge is 0.478 e. The van der Waals surface area contributed by atoms with Crippen molar-refractivity contribution in [3.05, 3.63) is 34.9 Å². The van der Waals surface area contributed by atoms with E-state index < -0.39 is 29.9 Å². The minimum atomic E-state index is -5.06. The number of aliphatic hydroxyl groups is 1. The summed E-state index contributed by atoms with van der Waals surface area (Å²) in [5.74, 6) is -1.90. The molecule has 1 aliphatic heterocycles. The zero-order valence-electron chi connectivity index (χ0n) is 10.4. The van der Waals surface area contributed by atoms with Gasteiger partial charge in [0.15, 0.2) is 0 Å². The molecule has 0 saturated heterocycles. The molecule has 108 valence electrons. The van der Waals surface area contributed by atoms with Gasteiger partial charge >= 0.3 is 12.1 Å². The number of carboxylic acids is 1. The number of aliphatic hydroxyl groups excluding tert-OH is 1. The lowest BCUT2D eigenvalue weighted by Crippen LogP contribution is -2.57. The van der Waals surface area contributed by atoms with Gasteiger partial charge in [-0.1, -0.05) is 12.1 Å². The lowest BCUT2D eigenvalue weighted by molar-refractivity contribution is -0.245. The van der Waals surface area contributed by atoms with E-state index in [9.17, 15) is 18.0 Å². The molecule has 0 saturated carbocycles. The lowest BCUT2D eigenvalue weighted by Gasteiger charge is -2.38. The average Bonchev–Trinajstić information content (AvgIpc) is 2.36. The van der Waals surface area contributed by atoms with Crippen LogP contribution in [0.25, 0.3) is 6.08 Å². The van der Waals surface area contributed by atoms with Gasteiger partial charge in [0.2, 0.25) is 0 Å². The third kappa shape index (κ3) is 1.94. The SMILES string of the molecule is Cc1cccc2c1C=C(C(=O)O)C(CO)(C(F)(F)F)O2. The Balaban J connectivity index is 2.73. The van der Waals surface area contributed by atoms with Crippen LogP contribution in [-0.4, -0.2) is 34.6 Å². The number of hydrogen-bond acceptors (Lipinski definition) is 3. The van der Waals surface area contributed by atoms with Crippen LogP contribution in [0.2, 0.25) is 0 Å². The van der Waals surface area contributed by atoms with Crippen LogP contribution in [0.5, 0.6) is 5.75 Å². The van der Waals surface area contributed by atoms with E-state index in [0.29, 0.717) is 5.56 Å². The fraction of sp³-hybridized carbons (Fsp3) is 0.308. The van der Waals surface area contributed by atoms with E-state index >= 15 is 0 Å². The number of aliphatic carboxylic acids is 1. The van der Waals surface area contributed by atoms with Crippen molar-refractivity contribution in [1.82, 2.24) is 0 Å². The summed E-state index contributed by atoms with van der Waals surface area (Å²) in [5.41, 5.74) is -3.44. The van der Waals surface area contributed by atoms with Gasteiger partial charge in [0.1, 0.15) is 5.75 Å². The molecule has 1 unspecified atom stereocenters. The van der Waals surface area contributed by atoms with Gasteiger partial charge in [-0.05, 0) is 24.6 Å². The minimum absolute atomic E-state index is 0.110. The fourth-order valence-corrected chi connectivity index (χ4v) is 2.08. The molecule has 0 amide bonds. The summed E-state index contributed by atoms with van der Waals surface area (Å²) in [7, 11) is 0. The molecule has 0 radical (unpaired) electrons. The zero-order chi connectivity index (χ0) is 15.1. The summed E-state index contributed by atoms with van der Waals surface area (Å²) in [6.45, 7) is 0.111. The second-order valence-electron chi connectivity index (χ2n) is 4.43. The summed E-state index contributed by atoms with van der Waals surface area (Å²) in [5, 5.41) is 18.2. The predicted octanol–water partition coefficient (Wildman–Crippen LogP) is 2.15. The number of halogens is 3. The van der Waals surface area contributed by atoms with E-state index in [0.717, 1.165) is 6.08 Å². The molecule has 1 aromatic rings. The number of carboxylic acid groups (broad SMARTS) is 1. The molecule has 2 N–H and O–H groups in total. The van der Waals surface area contributed by atoms with Gasteiger partial charge in [0, 0.05) is 5.56 Å². The molecular weight excluding hydrogens is 277 g/mol. The monoisotopic (exact) mass is 288 g/mol. The molecule has 4 nitrogen and oxygen atoms in total. The highest BCUT2D eigenvalue weighted by Gasteiger charge is 2.63. The van der Waals surface area contributed by atoms with Crippen molar-refractivity contribution in [3.63, 3.8) is 0 Å². The lowest BCUT2D eigenvalue weighted by atomic mass is 9.87. The molecule has 0 spiro atoms. The number of hydrogen-bond donors (Lipinski definition) is 2. The first-order valence-electron chi connectivity index (χ1n) is 5.64. The Bertz CT molecular complexity index is 592. The number of ether oxygens (including phenoxy) is 1. The number of fused-ring (bicyclic) bond motifs is 1. The Hall–Kier alpha value is -2.02. The Morgan fingerprint density at radius 2 is 2.05 bits per heavy atom. The maximum Gasteiger partial charge on any atom is 0.435 e. The quantitative estimate of drug-likeness (QED) is 0.875. The van der Waals surface area contributed by atoms with E-state index in [1.807, 2.05) is 0 Å². The minimum Gasteiger partial charge on any atom is -0.478 e. The third-order valence-corrected chi connectivity index (χ3v) is 3.20. The number of carbonyl (C=O) groups is 1. The Morgan fingerprint density at radius 1 is 1.40 bits per heavy atom. The predicted molar refractivity (Wildman–Crippen MR) is 63.3 cm³/mol. The Labute approximate surface area is 112 Å². The summed E-state index contributed by atoms with van der Waals surface area (Å²) in [4.78, 5) is 11.1. The molecule has 1 atom stereocenters. The van der Waals surface area contributed by atoms with Gasteiger partial charge < -0.3 is 14.9 Å². The van der Waals surface area contributed by atoms with Crippen molar-refractivity contribution in [1.29, 1.82) is 0 Å². The van der Waals surface area contributed by atoms with Crippen molar-refractivity contribution in [2.24, 2.45) is 0 Å². The van der Waals surface area contributed by atoms with Crippen LogP contribution in [0, 0.1) is 6.92 Å². The van der Waals surface area contributed by atoms with Crippen LogP contribution >= 0.6 is 0 Å². The molecule has 1 aliphatic rings. The van der Waals surface area contributed by atoms with Crippen molar-refractivity contribution >= 4 is 12.0 Å². The van der Waals surface area contributed by atoms with Crippen LogP contribution in [-0.2, 0) is 4.79 Å². The Morgan fingerprint density at radius 3 is 2.55 bits per heavy atom. The molecule has 1 heterocycles. The number of benzene rings is 1. The van der Waals surface area contributed by atoms with E-state index in [1.165, 1.54) is 12.1 Å². The van der Waals surface area contributed by atoms with Crippen LogP contribution < -0.4 is 4.74 Å². The van der Waals surface area contributed by atoms with Gasteiger partial charge in [-0.15, -0.1) is 0 Å². The molecule has 20 heavy (non-hydrogen) atoms. The van der Waals surface area contributed by atoms with Gasteiger partial charge in [-0.25, -0.2) is 4.79 Å². The van der Waals surface area contributed by atoms with Gasteiger partial charge in [0.25, 0.3) is 5.60 Å². The highest BCUT2D eigenvalue weighted by Crippen LogP contribution is 2.45. The van der Waals surface area contributed by atoms with Crippen molar-refractivity contribution < 1.29 is 32.9 Å². The fourth-order valence-electron chi connectivity index (χ4n) is 2.08. The molecule has 0 fully saturated rings. The molecule has 2 rings (SSSR count). The zero-order valence-corrected chi connectivity index (χ0v) is 10.4. The smallest absolute Gasteiger partial charge is 0.435 e. The number of rotatable bonds is 2.